The Hall–Kier alpha value is -1.90. The zero-order valence-corrected chi connectivity index (χ0v) is 21.2. The van der Waals surface area contributed by atoms with Crippen molar-refractivity contribution in [2.45, 2.75) is 101 Å². The van der Waals surface area contributed by atoms with Crippen LogP contribution in [0.25, 0.3) is 0 Å². The number of ether oxygens (including phenoxy) is 3. The van der Waals surface area contributed by atoms with Crippen LogP contribution in [-0.2, 0) is 28.6 Å². The van der Waals surface area contributed by atoms with Gasteiger partial charge in [0.25, 0.3) is 0 Å². The lowest BCUT2D eigenvalue weighted by molar-refractivity contribution is -0.253. The molecule has 8 heteroatoms. The molecule has 7 nitrogen and oxygen atoms in total. The van der Waals surface area contributed by atoms with Crippen LogP contribution < -0.4 is 0 Å². The fourth-order valence-electron chi connectivity index (χ4n) is 9.04. The Morgan fingerprint density at radius 2 is 1.94 bits per heavy atom. The fraction of sp³-hybridized carbons (Fsp3) is 0.750. The first-order valence-electron chi connectivity index (χ1n) is 13.3. The first-order valence-corrected chi connectivity index (χ1v) is 13.3. The summed E-state index contributed by atoms with van der Waals surface area (Å²) in [4.78, 5) is 37.5. The Labute approximate surface area is 210 Å². The second-order valence-corrected chi connectivity index (χ2v) is 12.3. The van der Waals surface area contributed by atoms with Crippen molar-refractivity contribution in [3.05, 3.63) is 23.8 Å². The molecule has 0 aromatic heterocycles. The molecule has 1 aliphatic heterocycles. The van der Waals surface area contributed by atoms with E-state index in [2.05, 4.69) is 0 Å². The number of hydrogen-bond donors (Lipinski definition) is 1. The number of hydrogen-bond acceptors (Lipinski definition) is 7. The molecular weight excluding hydrogens is 467 g/mol. The minimum Gasteiger partial charge on any atom is -0.458 e. The van der Waals surface area contributed by atoms with E-state index in [0.717, 1.165) is 12.8 Å². The van der Waals surface area contributed by atoms with Gasteiger partial charge >= 0.3 is 5.97 Å². The summed E-state index contributed by atoms with van der Waals surface area (Å²) in [5, 5.41) is 11.6. The molecule has 1 heterocycles. The minimum absolute atomic E-state index is 0.0110. The number of Topliss-reactive ketones (excluding diaryl/α,β-unsaturated/α-hetero) is 1. The monoisotopic (exact) mass is 502 g/mol. The molecule has 36 heavy (non-hydrogen) atoms. The first-order chi connectivity index (χ1) is 16.9. The quantitative estimate of drug-likeness (QED) is 0.590. The van der Waals surface area contributed by atoms with Gasteiger partial charge in [-0.3, -0.25) is 14.4 Å². The molecule has 1 saturated heterocycles. The van der Waals surface area contributed by atoms with Gasteiger partial charge < -0.3 is 19.3 Å². The van der Waals surface area contributed by atoms with Crippen LogP contribution in [0.5, 0.6) is 0 Å². The maximum atomic E-state index is 17.4. The van der Waals surface area contributed by atoms with Crippen LogP contribution in [-0.4, -0.2) is 58.5 Å². The number of allylic oxidation sites excluding steroid dienone is 4. The molecule has 1 N–H and O–H groups in total. The summed E-state index contributed by atoms with van der Waals surface area (Å²) in [6, 6.07) is 0. The van der Waals surface area contributed by atoms with Gasteiger partial charge in [-0.15, -0.1) is 0 Å². The molecule has 5 aliphatic carbocycles. The number of esters is 1. The molecule has 0 amide bonds. The van der Waals surface area contributed by atoms with Crippen LogP contribution in [0.3, 0.4) is 0 Å². The van der Waals surface area contributed by atoms with Crippen molar-refractivity contribution in [3.63, 3.8) is 0 Å². The minimum atomic E-state index is -2.00. The molecule has 6 rings (SSSR count). The Bertz CT molecular complexity index is 1090. The number of ketones is 2. The summed E-state index contributed by atoms with van der Waals surface area (Å²) >= 11 is 0. The smallest absolute Gasteiger partial charge is 0.303 e. The Morgan fingerprint density at radius 1 is 1.22 bits per heavy atom. The van der Waals surface area contributed by atoms with Gasteiger partial charge in [-0.05, 0) is 63.5 Å². The SMILES string of the molecule is CC(=O)OCC(=O)[C@@]12OC3(CCCC3)O[C@H]1C[C@H]1[C@@H]3CCC4=CC(=O)C=C[C@]4(C)[C@@]3(F)[C@@H](O)C[C@@]12C. The van der Waals surface area contributed by atoms with Gasteiger partial charge in [0.1, 0.15) is 0 Å². The van der Waals surface area contributed by atoms with Crippen molar-refractivity contribution < 1.29 is 38.1 Å². The first kappa shape index (κ1) is 24.4. The summed E-state index contributed by atoms with van der Waals surface area (Å²) in [5.74, 6) is -2.80. The fourth-order valence-corrected chi connectivity index (χ4v) is 9.04. The lowest BCUT2D eigenvalue weighted by atomic mass is 9.44. The molecule has 5 fully saturated rings. The lowest BCUT2D eigenvalue weighted by Crippen LogP contribution is -2.70. The molecule has 6 aliphatic rings. The van der Waals surface area contributed by atoms with E-state index in [1.807, 2.05) is 6.92 Å². The Balaban J connectivity index is 1.44. The van der Waals surface area contributed by atoms with Crippen LogP contribution in [0.1, 0.15) is 72.1 Å². The number of aliphatic hydroxyl groups excluding tert-OH is 1. The maximum absolute atomic E-state index is 17.4. The van der Waals surface area contributed by atoms with E-state index in [-0.39, 0.29) is 23.9 Å². The summed E-state index contributed by atoms with van der Waals surface area (Å²) in [6.45, 7) is 4.52. The van der Waals surface area contributed by atoms with Crippen molar-refractivity contribution in [2.75, 3.05) is 6.61 Å². The van der Waals surface area contributed by atoms with E-state index < -0.39 is 58.6 Å². The number of fused-ring (bicyclic) bond motifs is 7. The number of aliphatic hydroxyl groups is 1. The van der Waals surface area contributed by atoms with Crippen molar-refractivity contribution >= 4 is 17.5 Å². The molecule has 0 bridgehead atoms. The normalized spacial score (nSPS) is 48.1. The number of halogens is 1. The van der Waals surface area contributed by atoms with Crippen LogP contribution in [0.4, 0.5) is 4.39 Å². The highest BCUT2D eigenvalue weighted by molar-refractivity contribution is 6.01. The summed E-state index contributed by atoms with van der Waals surface area (Å²) in [7, 11) is 0. The average molecular weight is 503 g/mol. The third kappa shape index (κ3) is 2.81. The molecule has 8 atom stereocenters. The zero-order chi connectivity index (χ0) is 25.7. The largest absolute Gasteiger partial charge is 0.458 e. The second-order valence-electron chi connectivity index (χ2n) is 12.3. The van der Waals surface area contributed by atoms with Gasteiger partial charge in [-0.1, -0.05) is 18.6 Å². The number of rotatable bonds is 3. The second kappa shape index (κ2) is 7.58. The molecule has 0 aromatic rings. The highest BCUT2D eigenvalue weighted by Crippen LogP contribution is 2.73. The predicted molar refractivity (Wildman–Crippen MR) is 125 cm³/mol. The maximum Gasteiger partial charge on any atom is 0.303 e. The van der Waals surface area contributed by atoms with Crippen LogP contribution in [0.2, 0.25) is 0 Å². The van der Waals surface area contributed by atoms with Gasteiger partial charge in [0.15, 0.2) is 29.4 Å². The van der Waals surface area contributed by atoms with Crippen LogP contribution >= 0.6 is 0 Å². The number of alkyl halides is 1. The van der Waals surface area contributed by atoms with Gasteiger partial charge in [0, 0.05) is 36.5 Å². The van der Waals surface area contributed by atoms with Gasteiger partial charge in [0.05, 0.1) is 12.2 Å². The van der Waals surface area contributed by atoms with Crippen molar-refractivity contribution in [1.82, 2.24) is 0 Å². The topological polar surface area (TPSA) is 99.1 Å². The lowest BCUT2D eigenvalue weighted by Gasteiger charge is -2.62. The zero-order valence-electron chi connectivity index (χ0n) is 21.2. The van der Waals surface area contributed by atoms with E-state index in [9.17, 15) is 19.5 Å². The molecule has 0 unspecified atom stereocenters. The standard InChI is InChI=1S/C28H35FO7/c1-16(30)34-15-22(33)28-23(35-26(36-28)9-4-5-10-26)13-20-19-7-6-17-12-18(31)8-11-24(17,2)27(19,29)21(32)14-25(20,28)3/h8,11-12,19-21,23,32H,4-7,9-10,13-15H2,1-3H3/t19-,20-,21-,23-,24-,25-,27-,28+/m0/s1. The summed E-state index contributed by atoms with van der Waals surface area (Å²) < 4.78 is 35.8. The molecule has 0 radical (unpaired) electrons. The van der Waals surface area contributed by atoms with E-state index >= 15 is 4.39 Å². The molecule has 4 saturated carbocycles. The number of carbonyl (C=O) groups excluding carboxylic acids is 3. The molecule has 1 spiro atoms. The third-order valence-corrected chi connectivity index (χ3v) is 10.7. The van der Waals surface area contributed by atoms with Crippen molar-refractivity contribution in [3.8, 4) is 0 Å². The Morgan fingerprint density at radius 3 is 2.64 bits per heavy atom. The van der Waals surface area contributed by atoms with Crippen LogP contribution in [0, 0.1) is 22.7 Å². The summed E-state index contributed by atoms with van der Waals surface area (Å²) in [6.07, 6.45) is 7.23. The third-order valence-electron chi connectivity index (χ3n) is 10.7. The van der Waals surface area contributed by atoms with Crippen molar-refractivity contribution in [1.29, 1.82) is 0 Å². The molecular formula is C28H35FO7. The van der Waals surface area contributed by atoms with Crippen molar-refractivity contribution in [2.24, 2.45) is 22.7 Å². The highest BCUT2D eigenvalue weighted by Gasteiger charge is 2.80. The summed E-state index contributed by atoms with van der Waals surface area (Å²) in [5.41, 5.74) is -4.72. The van der Waals surface area contributed by atoms with Gasteiger partial charge in [-0.25, -0.2) is 4.39 Å². The van der Waals surface area contributed by atoms with Gasteiger partial charge in [0.2, 0.25) is 5.78 Å². The number of carbonyl (C=O) groups is 3. The predicted octanol–water partition coefficient (Wildman–Crippen LogP) is 3.52. The van der Waals surface area contributed by atoms with E-state index in [1.165, 1.54) is 19.1 Å². The van der Waals surface area contributed by atoms with Gasteiger partial charge in [-0.2, -0.15) is 0 Å². The van der Waals surface area contributed by atoms with Crippen LogP contribution in [0.15, 0.2) is 23.8 Å². The van der Waals surface area contributed by atoms with E-state index in [1.54, 1.807) is 13.0 Å². The highest BCUT2D eigenvalue weighted by atomic mass is 19.1. The van der Waals surface area contributed by atoms with E-state index in [0.29, 0.717) is 37.7 Å². The van der Waals surface area contributed by atoms with E-state index in [4.69, 9.17) is 14.2 Å². The molecule has 0 aromatic carbocycles. The average Bonchev–Trinajstić information content (AvgIpc) is 3.47. The Kier molecular flexibility index (Phi) is 5.14. The molecule has 196 valence electrons.